The minimum Gasteiger partial charge on any atom is -0.374 e. The number of rotatable bonds is 4. The Labute approximate surface area is 98.8 Å². The fraction of sp³-hybridized carbons (Fsp3) is 0.846. The van der Waals surface area contributed by atoms with Crippen LogP contribution in [0.25, 0.3) is 0 Å². The van der Waals surface area contributed by atoms with E-state index in [1.165, 1.54) is 25.0 Å². The van der Waals surface area contributed by atoms with Crippen molar-refractivity contribution >= 4 is 0 Å². The lowest BCUT2D eigenvalue weighted by atomic mass is 10.0. The second kappa shape index (κ2) is 5.30. The van der Waals surface area contributed by atoms with Crippen LogP contribution in [0.4, 0.5) is 0 Å². The number of hydrogen-bond acceptors (Lipinski definition) is 3. The molecule has 1 N–H and O–H groups in total. The summed E-state index contributed by atoms with van der Waals surface area (Å²) in [4.78, 5) is 2.59. The van der Waals surface area contributed by atoms with Gasteiger partial charge in [0, 0.05) is 18.6 Å². The smallest absolute Gasteiger partial charge is 0.0858 e. The topological polar surface area (TPSA) is 24.5 Å². The van der Waals surface area contributed by atoms with Crippen molar-refractivity contribution in [3.8, 4) is 0 Å². The Morgan fingerprint density at radius 2 is 2.44 bits per heavy atom. The number of fused-ring (bicyclic) bond motifs is 1. The van der Waals surface area contributed by atoms with E-state index in [-0.39, 0.29) is 0 Å². The third-order valence-corrected chi connectivity index (χ3v) is 3.80. The number of likely N-dealkylation sites (N-methyl/N-ethyl adjacent to an activating group) is 1. The summed E-state index contributed by atoms with van der Waals surface area (Å²) in [5, 5.41) is 3.37. The highest BCUT2D eigenvalue weighted by atomic mass is 16.5. The molecule has 3 atom stereocenters. The number of hydrogen-bond donors (Lipinski definition) is 1. The minimum absolute atomic E-state index is 0.330. The van der Waals surface area contributed by atoms with Gasteiger partial charge < -0.3 is 10.1 Å². The van der Waals surface area contributed by atoms with Crippen LogP contribution in [0.1, 0.15) is 26.2 Å². The Bertz CT molecular complexity index is 254. The first-order valence-electron chi connectivity index (χ1n) is 6.38. The van der Waals surface area contributed by atoms with Crippen molar-refractivity contribution < 1.29 is 4.74 Å². The summed E-state index contributed by atoms with van der Waals surface area (Å²) in [6.45, 7) is 9.34. The highest BCUT2D eigenvalue weighted by molar-refractivity contribution is 4.98. The lowest BCUT2D eigenvalue weighted by Gasteiger charge is -2.39. The van der Waals surface area contributed by atoms with Crippen LogP contribution < -0.4 is 5.32 Å². The number of morpholine rings is 1. The molecule has 0 aromatic carbocycles. The molecule has 0 spiro atoms. The van der Waals surface area contributed by atoms with E-state index in [1.54, 1.807) is 0 Å². The molecule has 2 fully saturated rings. The van der Waals surface area contributed by atoms with Crippen LogP contribution in [-0.4, -0.2) is 49.8 Å². The standard InChI is InChI=1S/C13H24N2O/c1-10(2)7-12(14-3)13-8-15-6-4-5-11(15)9-16-13/h11-14H,1,4-9H2,2-3H3. The molecule has 0 radical (unpaired) electrons. The Hall–Kier alpha value is -0.380. The van der Waals surface area contributed by atoms with E-state index < -0.39 is 0 Å². The maximum absolute atomic E-state index is 6.00. The van der Waals surface area contributed by atoms with Gasteiger partial charge in [-0.25, -0.2) is 0 Å². The Morgan fingerprint density at radius 3 is 3.12 bits per heavy atom. The summed E-state index contributed by atoms with van der Waals surface area (Å²) < 4.78 is 6.00. The Kier molecular flexibility index (Phi) is 4.00. The highest BCUT2D eigenvalue weighted by Gasteiger charge is 2.35. The lowest BCUT2D eigenvalue weighted by molar-refractivity contribution is -0.0633. The van der Waals surface area contributed by atoms with Crippen LogP contribution in [0.2, 0.25) is 0 Å². The van der Waals surface area contributed by atoms with E-state index in [1.807, 2.05) is 7.05 Å². The largest absolute Gasteiger partial charge is 0.374 e. The monoisotopic (exact) mass is 224 g/mol. The van der Waals surface area contributed by atoms with Gasteiger partial charge in [-0.15, -0.1) is 6.58 Å². The molecule has 0 saturated carbocycles. The summed E-state index contributed by atoms with van der Waals surface area (Å²) in [5.74, 6) is 0. The maximum atomic E-state index is 6.00. The van der Waals surface area contributed by atoms with Gasteiger partial charge in [0.15, 0.2) is 0 Å². The van der Waals surface area contributed by atoms with E-state index in [2.05, 4.69) is 23.7 Å². The summed E-state index contributed by atoms with van der Waals surface area (Å²) in [7, 11) is 2.02. The fourth-order valence-corrected chi connectivity index (χ4v) is 2.88. The number of ether oxygens (including phenoxy) is 1. The molecule has 3 nitrogen and oxygen atoms in total. The summed E-state index contributed by atoms with van der Waals surface area (Å²) in [5.41, 5.74) is 1.23. The van der Waals surface area contributed by atoms with Crippen LogP contribution >= 0.6 is 0 Å². The normalized spacial score (nSPS) is 32.4. The zero-order chi connectivity index (χ0) is 11.5. The van der Waals surface area contributed by atoms with Gasteiger partial charge in [-0.05, 0) is 39.8 Å². The first-order valence-corrected chi connectivity index (χ1v) is 6.38. The molecule has 0 aromatic rings. The molecule has 2 aliphatic rings. The van der Waals surface area contributed by atoms with Crippen LogP contribution in [0.5, 0.6) is 0 Å². The molecule has 0 aromatic heterocycles. The zero-order valence-corrected chi connectivity index (χ0v) is 10.5. The molecule has 2 saturated heterocycles. The van der Waals surface area contributed by atoms with Gasteiger partial charge in [-0.2, -0.15) is 0 Å². The fourth-order valence-electron chi connectivity index (χ4n) is 2.88. The van der Waals surface area contributed by atoms with Crippen molar-refractivity contribution in [2.24, 2.45) is 0 Å². The van der Waals surface area contributed by atoms with Gasteiger partial charge in [-0.3, -0.25) is 4.90 Å². The van der Waals surface area contributed by atoms with E-state index in [4.69, 9.17) is 4.74 Å². The highest BCUT2D eigenvalue weighted by Crippen LogP contribution is 2.24. The van der Waals surface area contributed by atoms with Crippen LogP contribution in [-0.2, 0) is 4.74 Å². The molecule has 92 valence electrons. The number of nitrogens with zero attached hydrogens (tertiary/aromatic N) is 1. The predicted molar refractivity (Wildman–Crippen MR) is 66.6 cm³/mol. The van der Waals surface area contributed by atoms with Gasteiger partial charge in [-0.1, -0.05) is 5.57 Å². The molecule has 3 heteroatoms. The van der Waals surface area contributed by atoms with Crippen LogP contribution in [0, 0.1) is 0 Å². The quantitative estimate of drug-likeness (QED) is 0.731. The van der Waals surface area contributed by atoms with Crippen LogP contribution in [0.3, 0.4) is 0 Å². The second-order valence-corrected chi connectivity index (χ2v) is 5.22. The molecule has 0 bridgehead atoms. The third-order valence-electron chi connectivity index (χ3n) is 3.80. The van der Waals surface area contributed by atoms with Gasteiger partial charge in [0.1, 0.15) is 0 Å². The summed E-state index contributed by atoms with van der Waals surface area (Å²) in [6.07, 6.45) is 4.00. The summed E-state index contributed by atoms with van der Waals surface area (Å²) >= 11 is 0. The molecule has 3 unspecified atom stereocenters. The molecule has 0 amide bonds. The van der Waals surface area contributed by atoms with Gasteiger partial charge in [0.2, 0.25) is 0 Å². The third kappa shape index (κ3) is 2.65. The van der Waals surface area contributed by atoms with Crippen molar-refractivity contribution in [3.63, 3.8) is 0 Å². The second-order valence-electron chi connectivity index (χ2n) is 5.22. The SMILES string of the molecule is C=C(C)CC(NC)C1CN2CCCC2CO1. The van der Waals surface area contributed by atoms with Crippen molar-refractivity contribution in [1.82, 2.24) is 10.2 Å². The van der Waals surface area contributed by atoms with Gasteiger partial charge in [0.25, 0.3) is 0 Å². The first kappa shape index (κ1) is 12.1. The summed E-state index contributed by atoms with van der Waals surface area (Å²) in [6, 6.07) is 1.11. The van der Waals surface area contributed by atoms with Crippen LogP contribution in [0.15, 0.2) is 12.2 Å². The van der Waals surface area contributed by atoms with E-state index in [0.29, 0.717) is 18.2 Å². The molecule has 2 aliphatic heterocycles. The lowest BCUT2D eigenvalue weighted by Crippen LogP contribution is -2.53. The zero-order valence-electron chi connectivity index (χ0n) is 10.5. The molecular weight excluding hydrogens is 200 g/mol. The first-order chi connectivity index (χ1) is 7.70. The Balaban J connectivity index is 1.91. The average molecular weight is 224 g/mol. The average Bonchev–Trinajstić information content (AvgIpc) is 2.72. The van der Waals surface area contributed by atoms with E-state index in [0.717, 1.165) is 19.6 Å². The molecule has 2 rings (SSSR count). The van der Waals surface area contributed by atoms with Crippen molar-refractivity contribution in [1.29, 1.82) is 0 Å². The predicted octanol–water partition coefficient (Wildman–Crippen LogP) is 1.40. The van der Waals surface area contributed by atoms with E-state index >= 15 is 0 Å². The van der Waals surface area contributed by atoms with Gasteiger partial charge >= 0.3 is 0 Å². The van der Waals surface area contributed by atoms with Crippen molar-refractivity contribution in [2.75, 3.05) is 26.7 Å². The number of nitrogens with one attached hydrogen (secondary N) is 1. The minimum atomic E-state index is 0.330. The van der Waals surface area contributed by atoms with Crippen molar-refractivity contribution in [3.05, 3.63) is 12.2 Å². The van der Waals surface area contributed by atoms with Gasteiger partial charge in [0.05, 0.1) is 12.7 Å². The molecular formula is C13H24N2O. The molecule has 2 heterocycles. The molecule has 0 aliphatic carbocycles. The van der Waals surface area contributed by atoms with Crippen molar-refractivity contribution in [2.45, 2.75) is 44.4 Å². The van der Waals surface area contributed by atoms with E-state index in [9.17, 15) is 0 Å². The Morgan fingerprint density at radius 1 is 1.62 bits per heavy atom. The molecule has 16 heavy (non-hydrogen) atoms. The maximum Gasteiger partial charge on any atom is 0.0858 e.